The molecule has 0 heterocycles. The average Bonchev–Trinajstić information content (AvgIpc) is 0.784. The smallest absolute Gasteiger partial charge is 0.239 e. The van der Waals surface area contributed by atoms with Gasteiger partial charge in [-0.15, -0.1) is 0 Å². The fraction of sp³-hybridized carbons (Fsp3) is 0.289. The molecule has 4 aliphatic carbocycles. The van der Waals surface area contributed by atoms with Gasteiger partial charge in [-0.3, -0.25) is 76.7 Å². The zero-order valence-corrected chi connectivity index (χ0v) is 59.8. The van der Waals surface area contributed by atoms with Crippen LogP contribution in [-0.4, -0.2) is 185 Å². The standard InChI is InChI=1S/C22H20N2O6.C20H24N2O6.C18H20N2O6.C16H16N2O6/c1-12(25)23-11-19(29)24-15(9-13-5-3-2-4-6-13)14-10-18(28)20-16(26)7-8-17(27)21(20)22(14)30;1-10(2)4-5-13(22-17(27)9-21-11(3)23)12-8-16(26)18-14(24)6-7-15(25)19(18)20(12)28;1-8(2)17(20-14(25)7-19-9(3)21)10-6-13(24)15-11(22)4-5-12(23)16(15)18(10)26;1-7(18-13(23)6-17-8(2)19)9-5-12(22)14-10(20)3-4-11(21)15(14)16(9)24/h2-8,10,15,26-27H,9,11H2,1H3,(H,23,25)(H,24,29);6-8,10,13,24-25H,4-5,9H2,1-3H3,(H,21,23)(H,22,27);4-6,8,17,22-23H,7H2,1-3H3,(H,19,21)(H,20,25);3-5,7,20-21H,6H2,1-2H3,(H,17,19)(H,18,23). The third kappa shape index (κ3) is 21.2. The average molecular weight is 1490 g/mol. The molecule has 0 aromatic heterocycles. The summed E-state index contributed by atoms with van der Waals surface area (Å²) in [7, 11) is 0. The van der Waals surface area contributed by atoms with E-state index in [1.807, 2.05) is 19.9 Å². The molecule has 108 heavy (non-hydrogen) atoms. The van der Waals surface area contributed by atoms with E-state index in [-0.39, 0.29) is 135 Å². The van der Waals surface area contributed by atoms with Crippen LogP contribution < -0.4 is 42.5 Å². The first-order chi connectivity index (χ1) is 50.7. The van der Waals surface area contributed by atoms with Crippen molar-refractivity contribution in [2.45, 2.75) is 106 Å². The number of rotatable bonds is 22. The van der Waals surface area contributed by atoms with Gasteiger partial charge in [0, 0.05) is 50.0 Å². The molecule has 5 aromatic carbocycles. The van der Waals surface area contributed by atoms with Crippen LogP contribution in [0.4, 0.5) is 0 Å². The molecule has 4 aliphatic rings. The topological polar surface area (TPSA) is 531 Å². The van der Waals surface area contributed by atoms with Gasteiger partial charge in [-0.05, 0) is 116 Å². The van der Waals surface area contributed by atoms with Gasteiger partial charge in [0.25, 0.3) is 0 Å². The molecule has 568 valence electrons. The van der Waals surface area contributed by atoms with Crippen molar-refractivity contribution in [2.75, 3.05) is 26.2 Å². The second-order valence-corrected chi connectivity index (χ2v) is 25.7. The molecule has 0 saturated heterocycles. The molecule has 9 rings (SSSR count). The fourth-order valence-corrected chi connectivity index (χ4v) is 11.4. The summed E-state index contributed by atoms with van der Waals surface area (Å²) in [5.74, 6) is -12.0. The van der Waals surface area contributed by atoms with Crippen molar-refractivity contribution in [1.29, 1.82) is 0 Å². The maximum atomic E-state index is 13.1. The summed E-state index contributed by atoms with van der Waals surface area (Å²) in [4.78, 5) is 193. The lowest BCUT2D eigenvalue weighted by Crippen LogP contribution is -2.46. The maximum Gasteiger partial charge on any atom is 0.239 e. The number of aromatic hydroxyl groups is 8. The Balaban J connectivity index is 0.000000226. The zero-order chi connectivity index (χ0) is 80.5. The number of phenolic OH excluding ortho intramolecular Hbond substituents is 8. The number of amides is 8. The number of hydrogen-bond acceptors (Lipinski definition) is 24. The number of allylic oxidation sites excluding steroid dienone is 4. The Morgan fingerprint density at radius 1 is 0.324 bits per heavy atom. The molecular weight excluding hydrogens is 1410 g/mol. The lowest BCUT2D eigenvalue weighted by atomic mass is 9.82. The molecule has 32 heteroatoms. The van der Waals surface area contributed by atoms with E-state index in [1.54, 1.807) is 38.1 Å². The highest BCUT2D eigenvalue weighted by atomic mass is 16.3. The van der Waals surface area contributed by atoms with Gasteiger partial charge in [0.2, 0.25) is 47.3 Å². The van der Waals surface area contributed by atoms with Gasteiger partial charge >= 0.3 is 0 Å². The van der Waals surface area contributed by atoms with Crippen LogP contribution in [0, 0.1) is 11.8 Å². The SMILES string of the molecule is CC(=O)NCC(=O)NC(C)C1=CC(=O)c2c(O)ccc(O)c2C1=O.CC(=O)NCC(=O)NC(C1=CC(=O)c2c(O)ccc(O)c2C1=O)C(C)C.CC(=O)NCC(=O)NC(CCC(C)C)C1=CC(=O)c2c(O)ccc(O)c2C1=O.CC(=O)NCC(=O)NC(Cc1ccccc1)C1=CC(=O)c2c(O)ccc(O)c2C1=O. The van der Waals surface area contributed by atoms with E-state index in [0.717, 1.165) is 78.4 Å². The van der Waals surface area contributed by atoms with E-state index < -0.39 is 140 Å². The molecule has 32 nitrogen and oxygen atoms in total. The fourth-order valence-electron chi connectivity index (χ4n) is 11.4. The van der Waals surface area contributed by atoms with Crippen LogP contribution in [0.1, 0.15) is 164 Å². The largest absolute Gasteiger partial charge is 0.507 e. The number of carbonyl (C=O) groups excluding carboxylic acids is 16. The van der Waals surface area contributed by atoms with Crippen molar-refractivity contribution >= 4 is 93.5 Å². The number of phenols is 8. The summed E-state index contributed by atoms with van der Waals surface area (Å²) >= 11 is 0. The summed E-state index contributed by atoms with van der Waals surface area (Å²) in [6, 6.07) is 14.8. The van der Waals surface area contributed by atoms with Gasteiger partial charge in [-0.25, -0.2) is 0 Å². The first-order valence-electron chi connectivity index (χ1n) is 33.4. The Morgan fingerprint density at radius 3 is 0.935 bits per heavy atom. The van der Waals surface area contributed by atoms with Gasteiger partial charge < -0.3 is 83.4 Å². The Kier molecular flexibility index (Phi) is 28.5. The highest BCUT2D eigenvalue weighted by Crippen LogP contribution is 2.40. The first kappa shape index (κ1) is 83.5. The number of carbonyl (C=O) groups is 16. The number of Topliss-reactive ketones (excluding diaryl/α,β-unsaturated/α-hetero) is 4. The molecule has 16 N–H and O–H groups in total. The van der Waals surface area contributed by atoms with E-state index in [4.69, 9.17) is 0 Å². The van der Waals surface area contributed by atoms with Crippen molar-refractivity contribution in [3.8, 4) is 46.0 Å². The van der Waals surface area contributed by atoms with Crippen LogP contribution in [0.25, 0.3) is 0 Å². The third-order valence-corrected chi connectivity index (χ3v) is 16.6. The maximum absolute atomic E-state index is 13.1. The third-order valence-electron chi connectivity index (χ3n) is 16.6. The number of nitrogens with one attached hydrogen (secondary N) is 8. The minimum atomic E-state index is -0.889. The molecule has 0 aliphatic heterocycles. The van der Waals surface area contributed by atoms with E-state index in [2.05, 4.69) is 42.5 Å². The summed E-state index contributed by atoms with van der Waals surface area (Å²) in [5, 5.41) is 99.4. The quantitative estimate of drug-likeness (QED) is 0.0441. The Bertz CT molecular complexity index is 4680. The van der Waals surface area contributed by atoms with Crippen LogP contribution in [0.3, 0.4) is 0 Å². The Labute approximate surface area is 616 Å². The number of fused-ring (bicyclic) bond motifs is 4. The zero-order valence-electron chi connectivity index (χ0n) is 59.8. The Hall–Kier alpha value is -13.4. The predicted molar refractivity (Wildman–Crippen MR) is 383 cm³/mol. The van der Waals surface area contributed by atoms with Crippen molar-refractivity contribution in [1.82, 2.24) is 42.5 Å². The van der Waals surface area contributed by atoms with Gasteiger partial charge in [0.1, 0.15) is 46.0 Å². The summed E-state index contributed by atoms with van der Waals surface area (Å²) < 4.78 is 0. The summed E-state index contributed by atoms with van der Waals surface area (Å²) in [6.07, 6.45) is 5.50. The van der Waals surface area contributed by atoms with Crippen LogP contribution >= 0.6 is 0 Å². The minimum absolute atomic E-state index is 0.00887. The lowest BCUT2D eigenvalue weighted by molar-refractivity contribution is -0.125. The predicted octanol–water partition coefficient (Wildman–Crippen LogP) is 3.45. The molecular formula is C76H80N8O24. The van der Waals surface area contributed by atoms with Crippen molar-refractivity contribution in [2.24, 2.45) is 11.8 Å². The van der Waals surface area contributed by atoms with Crippen LogP contribution in [-0.2, 0) is 44.8 Å². The number of benzene rings is 5. The molecule has 4 atom stereocenters. The van der Waals surface area contributed by atoms with E-state index in [0.29, 0.717) is 12.8 Å². The molecule has 0 saturated carbocycles. The number of ketones is 8. The molecule has 0 bridgehead atoms. The van der Waals surface area contributed by atoms with Gasteiger partial charge in [-0.1, -0.05) is 58.0 Å². The van der Waals surface area contributed by atoms with Crippen molar-refractivity contribution in [3.05, 3.63) is 176 Å². The van der Waals surface area contributed by atoms with E-state index >= 15 is 0 Å². The Morgan fingerprint density at radius 2 is 0.602 bits per heavy atom. The highest BCUT2D eigenvalue weighted by molar-refractivity contribution is 6.30. The first-order valence-corrected chi connectivity index (χ1v) is 33.4. The molecule has 0 spiro atoms. The van der Waals surface area contributed by atoms with Crippen LogP contribution in [0.15, 0.2) is 125 Å². The van der Waals surface area contributed by atoms with E-state index in [1.165, 1.54) is 34.6 Å². The summed E-state index contributed by atoms with van der Waals surface area (Å²) in [6.45, 7) is 13.0. The van der Waals surface area contributed by atoms with Gasteiger partial charge in [0.05, 0.1) is 94.9 Å². The highest BCUT2D eigenvalue weighted by Gasteiger charge is 2.40. The second kappa shape index (κ2) is 36.8. The lowest BCUT2D eigenvalue weighted by Gasteiger charge is -2.27. The van der Waals surface area contributed by atoms with Gasteiger partial charge in [0.15, 0.2) is 46.3 Å². The second-order valence-electron chi connectivity index (χ2n) is 25.7. The minimum Gasteiger partial charge on any atom is -0.507 e. The molecule has 4 unspecified atom stereocenters. The summed E-state index contributed by atoms with van der Waals surface area (Å²) in [5.41, 5.74) is -1.38. The van der Waals surface area contributed by atoms with Crippen molar-refractivity contribution < 1.29 is 118 Å². The monoisotopic (exact) mass is 1490 g/mol. The van der Waals surface area contributed by atoms with Crippen molar-refractivity contribution in [3.63, 3.8) is 0 Å². The van der Waals surface area contributed by atoms with Crippen LogP contribution in [0.2, 0.25) is 0 Å². The van der Waals surface area contributed by atoms with Gasteiger partial charge in [-0.2, -0.15) is 0 Å². The number of hydrogen-bond donors (Lipinski definition) is 16. The normalized spacial score (nSPS) is 14.3. The molecule has 8 amide bonds. The molecule has 5 aromatic rings. The van der Waals surface area contributed by atoms with E-state index in [9.17, 15) is 118 Å². The molecule has 0 fully saturated rings. The molecule has 0 radical (unpaired) electrons. The van der Waals surface area contributed by atoms with Crippen LogP contribution in [0.5, 0.6) is 46.0 Å².